The maximum absolute atomic E-state index is 5.76. The molecule has 1 aliphatic carbocycles. The average molecular weight is 340 g/mol. The van der Waals surface area contributed by atoms with Gasteiger partial charge >= 0.3 is 0 Å². The molecule has 1 aliphatic heterocycles. The Bertz CT molecular complexity index is 705. The number of aryl methyl sites for hydroxylation is 1. The number of rotatable bonds is 3. The fourth-order valence-electron chi connectivity index (χ4n) is 4.17. The van der Waals surface area contributed by atoms with E-state index in [4.69, 9.17) is 12.2 Å². The van der Waals surface area contributed by atoms with Crippen molar-refractivity contribution in [3.8, 4) is 0 Å². The summed E-state index contributed by atoms with van der Waals surface area (Å²) in [6.07, 6.45) is 12.6. The van der Waals surface area contributed by atoms with Crippen molar-refractivity contribution in [1.29, 1.82) is 0 Å². The molecule has 4 rings (SSSR count). The third kappa shape index (κ3) is 2.81. The molecule has 5 heteroatoms. The van der Waals surface area contributed by atoms with Gasteiger partial charge in [0.2, 0.25) is 0 Å². The largest absolute Gasteiger partial charge is 0.357 e. The van der Waals surface area contributed by atoms with Crippen molar-refractivity contribution in [3.63, 3.8) is 0 Å². The second-order valence-electron chi connectivity index (χ2n) is 6.94. The second kappa shape index (κ2) is 6.55. The quantitative estimate of drug-likeness (QED) is 0.863. The first-order valence-corrected chi connectivity index (χ1v) is 9.26. The Kier molecular flexibility index (Phi) is 4.27. The van der Waals surface area contributed by atoms with Gasteiger partial charge in [0.05, 0.1) is 17.8 Å². The van der Waals surface area contributed by atoms with Crippen LogP contribution in [0, 0.1) is 0 Å². The molecular weight excluding hydrogens is 316 g/mol. The van der Waals surface area contributed by atoms with Gasteiger partial charge < -0.3 is 14.8 Å². The molecule has 126 valence electrons. The van der Waals surface area contributed by atoms with Crippen LogP contribution in [0.4, 0.5) is 0 Å². The number of aromatic nitrogens is 2. The first kappa shape index (κ1) is 15.6. The minimum atomic E-state index is 0.114. The standard InChI is InChI=1S/C19H24N4S/c1-22-12-10-14(13-22)18-17(16-9-5-6-11-20-16)21-19(24)23(18)15-7-3-2-4-8-15/h5-6,9-13,15,17-18H,2-4,7-8H2,1H3,(H,21,24)/t17-,18-/m1/s1. The molecule has 0 unspecified atom stereocenters. The number of hydrogen-bond acceptors (Lipinski definition) is 2. The van der Waals surface area contributed by atoms with Crippen molar-refractivity contribution in [2.24, 2.45) is 7.05 Å². The van der Waals surface area contributed by atoms with Gasteiger partial charge in [-0.1, -0.05) is 25.3 Å². The molecule has 0 radical (unpaired) electrons. The van der Waals surface area contributed by atoms with Crippen molar-refractivity contribution < 1.29 is 0 Å². The zero-order valence-electron chi connectivity index (χ0n) is 14.1. The molecule has 24 heavy (non-hydrogen) atoms. The molecule has 2 fully saturated rings. The third-order valence-electron chi connectivity index (χ3n) is 5.30. The SMILES string of the molecule is Cn1ccc([C@@H]2[C@@H](c3ccccn3)NC(=S)N2C2CCCCC2)c1. The van der Waals surface area contributed by atoms with Crippen LogP contribution in [0.3, 0.4) is 0 Å². The van der Waals surface area contributed by atoms with Crippen LogP contribution in [0.15, 0.2) is 42.9 Å². The van der Waals surface area contributed by atoms with Crippen molar-refractivity contribution >= 4 is 17.3 Å². The second-order valence-corrected chi connectivity index (χ2v) is 7.32. The first-order chi connectivity index (χ1) is 11.7. The lowest BCUT2D eigenvalue weighted by Crippen LogP contribution is -2.40. The minimum Gasteiger partial charge on any atom is -0.357 e. The Morgan fingerprint density at radius 1 is 1.17 bits per heavy atom. The Labute approximate surface area is 148 Å². The van der Waals surface area contributed by atoms with Crippen LogP contribution < -0.4 is 5.32 Å². The van der Waals surface area contributed by atoms with Crippen LogP contribution >= 0.6 is 12.2 Å². The maximum atomic E-state index is 5.76. The number of nitrogens with one attached hydrogen (secondary N) is 1. The van der Waals surface area contributed by atoms with Gasteiger partial charge in [0.1, 0.15) is 0 Å². The van der Waals surface area contributed by atoms with Crippen LogP contribution in [0.1, 0.15) is 55.4 Å². The summed E-state index contributed by atoms with van der Waals surface area (Å²) in [6, 6.07) is 9.20. The molecular formula is C19H24N4S. The lowest BCUT2D eigenvalue weighted by molar-refractivity contribution is 0.197. The average Bonchev–Trinajstić information content (AvgIpc) is 3.19. The topological polar surface area (TPSA) is 33.1 Å². The van der Waals surface area contributed by atoms with Crippen LogP contribution in [-0.4, -0.2) is 25.6 Å². The molecule has 1 N–H and O–H groups in total. The first-order valence-electron chi connectivity index (χ1n) is 8.85. The lowest BCUT2D eigenvalue weighted by atomic mass is 9.91. The molecule has 2 aromatic rings. The minimum absolute atomic E-state index is 0.114. The number of pyridine rings is 1. The molecule has 2 aliphatic rings. The highest BCUT2D eigenvalue weighted by atomic mass is 32.1. The van der Waals surface area contributed by atoms with E-state index in [1.165, 1.54) is 37.7 Å². The van der Waals surface area contributed by atoms with E-state index in [-0.39, 0.29) is 12.1 Å². The lowest BCUT2D eigenvalue weighted by Gasteiger charge is -2.36. The van der Waals surface area contributed by atoms with Gasteiger partial charge in [-0.15, -0.1) is 0 Å². The van der Waals surface area contributed by atoms with E-state index >= 15 is 0 Å². The van der Waals surface area contributed by atoms with E-state index in [1.54, 1.807) is 0 Å². The Hall–Kier alpha value is -1.88. The molecule has 0 amide bonds. The molecule has 2 atom stereocenters. The van der Waals surface area contributed by atoms with E-state index in [9.17, 15) is 0 Å². The van der Waals surface area contributed by atoms with Crippen LogP contribution in [0.5, 0.6) is 0 Å². The van der Waals surface area contributed by atoms with E-state index < -0.39 is 0 Å². The summed E-state index contributed by atoms with van der Waals surface area (Å²) < 4.78 is 2.12. The van der Waals surface area contributed by atoms with E-state index in [0.29, 0.717) is 6.04 Å². The van der Waals surface area contributed by atoms with Gasteiger partial charge in [-0.2, -0.15) is 0 Å². The van der Waals surface area contributed by atoms with Gasteiger partial charge in [0.15, 0.2) is 5.11 Å². The molecule has 2 aromatic heterocycles. The Morgan fingerprint density at radius 3 is 2.67 bits per heavy atom. The Balaban J connectivity index is 1.73. The molecule has 3 heterocycles. The molecule has 0 bridgehead atoms. The monoisotopic (exact) mass is 340 g/mol. The van der Waals surface area contributed by atoms with Crippen LogP contribution in [-0.2, 0) is 7.05 Å². The maximum Gasteiger partial charge on any atom is 0.170 e. The summed E-state index contributed by atoms with van der Waals surface area (Å²) in [6.45, 7) is 0. The highest BCUT2D eigenvalue weighted by Gasteiger charge is 2.43. The van der Waals surface area contributed by atoms with Crippen molar-refractivity contribution in [2.75, 3.05) is 0 Å². The molecule has 4 nitrogen and oxygen atoms in total. The van der Waals surface area contributed by atoms with Crippen LogP contribution in [0.2, 0.25) is 0 Å². The fourth-order valence-corrected chi connectivity index (χ4v) is 4.56. The molecule has 0 spiro atoms. The molecule has 1 saturated carbocycles. The van der Waals surface area contributed by atoms with E-state index in [1.807, 2.05) is 12.3 Å². The van der Waals surface area contributed by atoms with Crippen molar-refractivity contribution in [1.82, 2.24) is 19.8 Å². The van der Waals surface area contributed by atoms with Gasteiger partial charge in [-0.3, -0.25) is 4.98 Å². The van der Waals surface area contributed by atoms with E-state index in [0.717, 1.165) is 10.8 Å². The summed E-state index contributed by atoms with van der Waals surface area (Å²) in [5.74, 6) is 0. The van der Waals surface area contributed by atoms with Crippen molar-refractivity contribution in [3.05, 3.63) is 54.1 Å². The smallest absolute Gasteiger partial charge is 0.170 e. The predicted octanol–water partition coefficient (Wildman–Crippen LogP) is 3.73. The van der Waals surface area contributed by atoms with E-state index in [2.05, 4.69) is 57.4 Å². The number of nitrogens with zero attached hydrogens (tertiary/aromatic N) is 3. The predicted molar refractivity (Wildman–Crippen MR) is 99.6 cm³/mol. The number of thiocarbonyl (C=S) groups is 1. The summed E-state index contributed by atoms with van der Waals surface area (Å²) in [5, 5.41) is 4.44. The molecule has 1 saturated heterocycles. The third-order valence-corrected chi connectivity index (χ3v) is 5.63. The normalized spacial score (nSPS) is 25.0. The van der Waals surface area contributed by atoms with Crippen molar-refractivity contribution in [2.45, 2.75) is 50.2 Å². The Morgan fingerprint density at radius 2 is 2.00 bits per heavy atom. The molecule has 0 aromatic carbocycles. The van der Waals surface area contributed by atoms with Gasteiger partial charge in [-0.05, 0) is 48.8 Å². The fraction of sp³-hybridized carbons (Fsp3) is 0.474. The summed E-state index contributed by atoms with van der Waals surface area (Å²) in [7, 11) is 2.07. The summed E-state index contributed by atoms with van der Waals surface area (Å²) in [5.41, 5.74) is 2.37. The summed E-state index contributed by atoms with van der Waals surface area (Å²) >= 11 is 5.76. The van der Waals surface area contributed by atoms with Gasteiger partial charge in [0, 0.05) is 31.7 Å². The highest BCUT2D eigenvalue weighted by Crippen LogP contribution is 2.42. The summed E-state index contributed by atoms with van der Waals surface area (Å²) in [4.78, 5) is 7.06. The van der Waals surface area contributed by atoms with Crippen LogP contribution in [0.25, 0.3) is 0 Å². The zero-order chi connectivity index (χ0) is 16.5. The van der Waals surface area contributed by atoms with Gasteiger partial charge in [0.25, 0.3) is 0 Å². The van der Waals surface area contributed by atoms with Gasteiger partial charge in [-0.25, -0.2) is 0 Å². The highest BCUT2D eigenvalue weighted by molar-refractivity contribution is 7.80. The zero-order valence-corrected chi connectivity index (χ0v) is 14.9. The number of hydrogen-bond donors (Lipinski definition) is 1.